The third kappa shape index (κ3) is 10.0. The Bertz CT molecular complexity index is 2160. The van der Waals surface area contributed by atoms with Gasteiger partial charge in [0, 0.05) is 43.4 Å². The van der Waals surface area contributed by atoms with Crippen LogP contribution >= 0.6 is 7.82 Å². The molecule has 4 aromatic rings. The Balaban J connectivity index is 1.22. The van der Waals surface area contributed by atoms with Crippen molar-refractivity contribution in [2.45, 2.75) is 69.2 Å². The number of amides is 6. The molecular formula is C39H44N7O10P. The summed E-state index contributed by atoms with van der Waals surface area (Å²) in [4.78, 5) is 105. The molecule has 6 amide bonds. The van der Waals surface area contributed by atoms with Crippen molar-refractivity contribution < 1.29 is 47.6 Å². The van der Waals surface area contributed by atoms with Crippen molar-refractivity contribution in [2.75, 3.05) is 13.1 Å². The second-order valence-electron chi connectivity index (χ2n) is 14.1. The summed E-state index contributed by atoms with van der Waals surface area (Å²) < 4.78 is 16.0. The van der Waals surface area contributed by atoms with Crippen LogP contribution in [0.15, 0.2) is 84.9 Å². The fourth-order valence-corrected chi connectivity index (χ4v) is 7.79. The van der Waals surface area contributed by atoms with Crippen molar-refractivity contribution in [3.63, 3.8) is 0 Å². The second kappa shape index (κ2) is 17.4. The molecule has 8 N–H and O–H groups in total. The summed E-state index contributed by atoms with van der Waals surface area (Å²) in [7, 11) is -4.83. The molecular weight excluding hydrogens is 757 g/mol. The van der Waals surface area contributed by atoms with Gasteiger partial charge in [0.05, 0.1) is 6.04 Å². The molecule has 2 saturated heterocycles. The molecule has 0 unspecified atom stereocenters. The maximum absolute atomic E-state index is 14.4. The number of H-pyrrole nitrogens is 1. The van der Waals surface area contributed by atoms with Gasteiger partial charge in [-0.1, -0.05) is 60.7 Å². The highest BCUT2D eigenvalue weighted by Crippen LogP contribution is 2.38. The number of benzene rings is 3. The summed E-state index contributed by atoms with van der Waals surface area (Å²) in [5.74, 6) is -3.59. The van der Waals surface area contributed by atoms with E-state index in [0.717, 1.165) is 11.1 Å². The van der Waals surface area contributed by atoms with E-state index < -0.39 is 67.6 Å². The molecule has 1 aromatic heterocycles. The summed E-state index contributed by atoms with van der Waals surface area (Å²) in [6.45, 7) is 1.44. The van der Waals surface area contributed by atoms with Crippen molar-refractivity contribution in [1.82, 2.24) is 30.7 Å². The van der Waals surface area contributed by atoms with Gasteiger partial charge in [-0.25, -0.2) is 4.57 Å². The van der Waals surface area contributed by atoms with E-state index in [9.17, 15) is 43.1 Å². The fraction of sp³-hybridized carbons (Fsp3) is 0.333. The van der Waals surface area contributed by atoms with E-state index in [1.54, 1.807) is 0 Å². The average Bonchev–Trinajstić information content (AvgIpc) is 3.80. The number of nitrogens with two attached hydrogens (primary N) is 1. The van der Waals surface area contributed by atoms with E-state index in [2.05, 4.69) is 25.5 Å². The SMILES string of the molecule is CC(=O)N1CC[C@H]2CC[C@@H](C(=O)N[C@@H](CCC(N)=O)C(=O)NC(c3ccccc3)c3ccccc3)N2C(=O)[C@@H](NC(=O)c2cc3cc(OP(=O)(O)O)ccc3[nH]2)C1. The highest BCUT2D eigenvalue weighted by Gasteiger charge is 2.46. The van der Waals surface area contributed by atoms with E-state index in [4.69, 9.17) is 5.73 Å². The second-order valence-corrected chi connectivity index (χ2v) is 15.3. The number of hydrogen-bond donors (Lipinski definition) is 7. The Labute approximate surface area is 327 Å². The van der Waals surface area contributed by atoms with Crippen molar-refractivity contribution in [2.24, 2.45) is 5.73 Å². The standard InChI is InChI=1S/C39H44N7O10P/c1-23(47)45-19-18-27-12-16-33(46(27)39(52)32(22-45)43-37(50)31-21-26-20-28(56-57(53,54)55)13-14-29(26)41-31)38(51)42-30(15-17-34(40)48)36(49)44-35(24-8-4-2-5-9-24)25-10-6-3-7-11-25/h2-11,13-14,20-21,27,30,32-33,35,41H,12,15-19,22H2,1H3,(H2,40,48)(H,42,51)(H,43,50)(H,44,49)(H2,53,54,55)/t27-,30+,32+,33+/m1/s1. The van der Waals surface area contributed by atoms with Crippen LogP contribution < -0.4 is 26.2 Å². The summed E-state index contributed by atoms with van der Waals surface area (Å²) in [5, 5.41) is 8.91. The Morgan fingerprint density at radius 2 is 1.60 bits per heavy atom. The molecule has 2 fully saturated rings. The molecule has 0 spiro atoms. The zero-order valence-electron chi connectivity index (χ0n) is 31.0. The van der Waals surface area contributed by atoms with Crippen LogP contribution in [0.4, 0.5) is 0 Å². The Hall–Kier alpha value is -6.03. The van der Waals surface area contributed by atoms with Gasteiger partial charge in [-0.3, -0.25) is 38.6 Å². The lowest BCUT2D eigenvalue weighted by molar-refractivity contribution is -0.145. The predicted molar refractivity (Wildman–Crippen MR) is 206 cm³/mol. The van der Waals surface area contributed by atoms with Gasteiger partial charge in [0.1, 0.15) is 29.6 Å². The number of phosphoric ester groups is 1. The van der Waals surface area contributed by atoms with Crippen LogP contribution in [0.1, 0.15) is 66.7 Å². The molecule has 2 aliphatic rings. The number of nitrogens with one attached hydrogen (secondary N) is 4. The van der Waals surface area contributed by atoms with Gasteiger partial charge >= 0.3 is 7.82 Å². The number of hydrogen-bond acceptors (Lipinski definition) is 8. The van der Waals surface area contributed by atoms with Crippen LogP contribution in [0.2, 0.25) is 0 Å². The molecule has 3 aromatic carbocycles. The summed E-state index contributed by atoms with van der Waals surface area (Å²) >= 11 is 0. The van der Waals surface area contributed by atoms with Crippen LogP contribution in [-0.4, -0.2) is 97.3 Å². The van der Waals surface area contributed by atoms with Gasteiger partial charge in [-0.2, -0.15) is 0 Å². The largest absolute Gasteiger partial charge is 0.524 e. The lowest BCUT2D eigenvalue weighted by Crippen LogP contribution is -2.62. The van der Waals surface area contributed by atoms with E-state index in [1.165, 1.54) is 41.0 Å². The number of primary amides is 1. The van der Waals surface area contributed by atoms with Gasteiger partial charge < -0.3 is 41.0 Å². The topological polar surface area (TPSA) is 254 Å². The zero-order valence-corrected chi connectivity index (χ0v) is 31.9. The molecule has 0 radical (unpaired) electrons. The van der Waals surface area contributed by atoms with E-state index in [1.807, 2.05) is 60.7 Å². The lowest BCUT2D eigenvalue weighted by Gasteiger charge is -2.38. The molecule has 0 bridgehead atoms. The van der Waals surface area contributed by atoms with E-state index >= 15 is 0 Å². The Kier molecular flexibility index (Phi) is 12.4. The van der Waals surface area contributed by atoms with Crippen LogP contribution in [-0.2, 0) is 28.5 Å². The summed E-state index contributed by atoms with van der Waals surface area (Å²) in [6, 6.07) is 19.5. The Morgan fingerprint density at radius 1 is 0.930 bits per heavy atom. The first-order chi connectivity index (χ1) is 27.2. The third-order valence-electron chi connectivity index (χ3n) is 10.2. The first kappa shape index (κ1) is 40.6. The van der Waals surface area contributed by atoms with E-state index in [0.29, 0.717) is 23.7 Å². The molecule has 0 saturated carbocycles. The number of carbonyl (C=O) groups excluding carboxylic acids is 6. The van der Waals surface area contributed by atoms with Crippen LogP contribution in [0, 0.1) is 0 Å². The molecule has 18 heteroatoms. The number of nitrogens with zero attached hydrogens (tertiary/aromatic N) is 2. The van der Waals surface area contributed by atoms with Crippen molar-refractivity contribution in [1.29, 1.82) is 0 Å². The quantitative estimate of drug-likeness (QED) is 0.0969. The molecule has 300 valence electrons. The first-order valence-corrected chi connectivity index (χ1v) is 20.0. The average molecular weight is 802 g/mol. The van der Waals surface area contributed by atoms with Gasteiger partial charge in [0.2, 0.25) is 29.5 Å². The number of rotatable bonds is 13. The van der Waals surface area contributed by atoms with Gasteiger partial charge in [0.15, 0.2) is 0 Å². The van der Waals surface area contributed by atoms with Crippen LogP contribution in [0.25, 0.3) is 10.9 Å². The number of fused-ring (bicyclic) bond motifs is 2. The number of aromatic nitrogens is 1. The zero-order chi connectivity index (χ0) is 40.9. The van der Waals surface area contributed by atoms with Gasteiger partial charge in [-0.05, 0) is 61.1 Å². The predicted octanol–water partition coefficient (Wildman–Crippen LogP) is 2.01. The molecule has 4 atom stereocenters. The van der Waals surface area contributed by atoms with Crippen LogP contribution in [0.5, 0.6) is 5.75 Å². The van der Waals surface area contributed by atoms with E-state index in [-0.39, 0.29) is 49.7 Å². The molecule has 6 rings (SSSR count). The first-order valence-electron chi connectivity index (χ1n) is 18.4. The number of carbonyl (C=O) groups is 6. The van der Waals surface area contributed by atoms with Gasteiger partial charge in [0.25, 0.3) is 5.91 Å². The molecule has 17 nitrogen and oxygen atoms in total. The minimum absolute atomic E-state index is 0.0162. The molecule has 3 heterocycles. The van der Waals surface area contributed by atoms with Crippen LogP contribution in [0.3, 0.4) is 0 Å². The minimum Gasteiger partial charge on any atom is -0.404 e. The highest BCUT2D eigenvalue weighted by atomic mass is 31.2. The monoisotopic (exact) mass is 801 g/mol. The van der Waals surface area contributed by atoms with Crippen molar-refractivity contribution in [3.05, 3.63) is 102 Å². The minimum atomic E-state index is -4.83. The molecule has 0 aliphatic carbocycles. The number of aromatic amines is 1. The molecule has 2 aliphatic heterocycles. The lowest BCUT2D eigenvalue weighted by atomic mass is 9.98. The fourth-order valence-electron chi connectivity index (χ4n) is 7.40. The summed E-state index contributed by atoms with van der Waals surface area (Å²) in [6.07, 6.45) is 0.732. The smallest absolute Gasteiger partial charge is 0.404 e. The van der Waals surface area contributed by atoms with Crippen molar-refractivity contribution >= 4 is 54.2 Å². The highest BCUT2D eigenvalue weighted by molar-refractivity contribution is 7.46. The van der Waals surface area contributed by atoms with Gasteiger partial charge in [-0.15, -0.1) is 0 Å². The normalized spacial score (nSPS) is 18.9. The maximum Gasteiger partial charge on any atom is 0.524 e. The number of phosphoric acid groups is 1. The third-order valence-corrected chi connectivity index (χ3v) is 10.6. The summed E-state index contributed by atoms with van der Waals surface area (Å²) in [5.41, 5.74) is 7.50. The van der Waals surface area contributed by atoms with Crippen molar-refractivity contribution in [3.8, 4) is 5.75 Å². The maximum atomic E-state index is 14.4. The molecule has 57 heavy (non-hydrogen) atoms. The Morgan fingerprint density at radius 3 is 2.21 bits per heavy atom.